The maximum Gasteiger partial charge on any atom is 0.337 e. The summed E-state index contributed by atoms with van der Waals surface area (Å²) >= 11 is 6.73. The second-order valence-electron chi connectivity index (χ2n) is 3.82. The minimum Gasteiger partial charge on any atom is -0.478 e. The van der Waals surface area contributed by atoms with Crippen LogP contribution in [0.4, 0.5) is 4.39 Å². The van der Waals surface area contributed by atoms with Crippen LogP contribution in [-0.4, -0.2) is 24.5 Å². The van der Waals surface area contributed by atoms with E-state index in [1.165, 1.54) is 17.5 Å². The number of carbonyl (C=O) groups is 1. The smallest absolute Gasteiger partial charge is 0.337 e. The van der Waals surface area contributed by atoms with E-state index in [2.05, 4.69) is 9.71 Å². The lowest BCUT2D eigenvalue weighted by Gasteiger charge is -2.08. The van der Waals surface area contributed by atoms with Crippen molar-refractivity contribution in [2.45, 2.75) is 11.4 Å². The molecule has 0 saturated heterocycles. The molecule has 0 fully saturated rings. The summed E-state index contributed by atoms with van der Waals surface area (Å²) in [4.78, 5) is 14.3. The van der Waals surface area contributed by atoms with Crippen molar-refractivity contribution in [3.63, 3.8) is 0 Å². The summed E-state index contributed by atoms with van der Waals surface area (Å²) in [5.74, 6) is -2.64. The standard InChI is InChI=1S/C11H8ClFN2O4S2/c12-10-7(11(16)17)3-6(4-8(10)13)21(18,19)15-5-9-14-1-2-20-9/h1-4,15H,5H2,(H,16,17). The third kappa shape index (κ3) is 3.56. The molecule has 0 amide bonds. The number of carboxylic acids is 1. The average molecular weight is 351 g/mol. The van der Waals surface area contributed by atoms with Gasteiger partial charge in [-0.05, 0) is 12.1 Å². The van der Waals surface area contributed by atoms with E-state index in [-0.39, 0.29) is 6.54 Å². The molecule has 1 aromatic heterocycles. The number of hydrogen-bond acceptors (Lipinski definition) is 5. The Labute approximate surface area is 128 Å². The molecule has 2 aromatic rings. The fourth-order valence-corrected chi connectivity index (χ4v) is 3.32. The Kier molecular flexibility index (Phi) is 4.57. The van der Waals surface area contributed by atoms with E-state index in [1.54, 1.807) is 5.38 Å². The fourth-order valence-electron chi connectivity index (χ4n) is 1.46. The number of benzene rings is 1. The van der Waals surface area contributed by atoms with Crippen LogP contribution in [0.15, 0.2) is 28.6 Å². The summed E-state index contributed by atoms with van der Waals surface area (Å²) < 4.78 is 39.8. The van der Waals surface area contributed by atoms with Crippen LogP contribution in [0.3, 0.4) is 0 Å². The summed E-state index contributed by atoms with van der Waals surface area (Å²) in [5.41, 5.74) is -0.619. The Morgan fingerprint density at radius 2 is 2.19 bits per heavy atom. The number of nitrogens with zero attached hydrogens (tertiary/aromatic N) is 1. The first kappa shape index (κ1) is 15.8. The zero-order chi connectivity index (χ0) is 15.6. The third-order valence-electron chi connectivity index (χ3n) is 2.44. The summed E-state index contributed by atoms with van der Waals surface area (Å²) in [5, 5.41) is 10.4. The van der Waals surface area contributed by atoms with Gasteiger partial charge in [0.2, 0.25) is 10.0 Å². The van der Waals surface area contributed by atoms with Crippen molar-refractivity contribution in [3.8, 4) is 0 Å². The molecule has 1 aromatic carbocycles. The van der Waals surface area contributed by atoms with Crippen molar-refractivity contribution in [3.05, 3.63) is 45.1 Å². The number of carboxylic acid groups (broad SMARTS) is 1. The number of nitrogens with one attached hydrogen (secondary N) is 1. The molecule has 0 unspecified atom stereocenters. The molecule has 2 N–H and O–H groups in total. The van der Waals surface area contributed by atoms with Gasteiger partial charge in [0.25, 0.3) is 0 Å². The summed E-state index contributed by atoms with van der Waals surface area (Å²) in [6, 6.07) is 1.47. The predicted molar refractivity (Wildman–Crippen MR) is 74.5 cm³/mol. The number of sulfonamides is 1. The van der Waals surface area contributed by atoms with Crippen molar-refractivity contribution in [2.75, 3.05) is 0 Å². The number of aromatic carboxylic acids is 1. The average Bonchev–Trinajstić information content (AvgIpc) is 2.92. The lowest BCUT2D eigenvalue weighted by molar-refractivity contribution is 0.0696. The molecule has 0 spiro atoms. The molecule has 0 aliphatic carbocycles. The van der Waals surface area contributed by atoms with E-state index < -0.39 is 37.3 Å². The van der Waals surface area contributed by atoms with Gasteiger partial charge in [-0.2, -0.15) is 0 Å². The first-order valence-electron chi connectivity index (χ1n) is 5.41. The van der Waals surface area contributed by atoms with Crippen LogP contribution in [-0.2, 0) is 16.6 Å². The molecular formula is C11H8ClFN2O4S2. The summed E-state index contributed by atoms with van der Waals surface area (Å²) in [7, 11) is -4.08. The van der Waals surface area contributed by atoms with Crippen LogP contribution in [0.5, 0.6) is 0 Å². The predicted octanol–water partition coefficient (Wildman–Crippen LogP) is 2.11. The third-order valence-corrected chi connectivity index (χ3v) is 4.98. The second kappa shape index (κ2) is 6.06. The molecule has 2 rings (SSSR count). The number of aromatic nitrogens is 1. The van der Waals surface area contributed by atoms with Crippen LogP contribution in [0.25, 0.3) is 0 Å². The lowest BCUT2D eigenvalue weighted by atomic mass is 10.2. The van der Waals surface area contributed by atoms with E-state index in [0.717, 1.165) is 6.07 Å². The molecule has 0 bridgehead atoms. The Bertz CT molecular complexity index is 778. The van der Waals surface area contributed by atoms with Crippen LogP contribution in [0.1, 0.15) is 15.4 Å². The zero-order valence-corrected chi connectivity index (χ0v) is 12.6. The Morgan fingerprint density at radius 3 is 2.76 bits per heavy atom. The van der Waals surface area contributed by atoms with Gasteiger partial charge in [0.05, 0.1) is 22.0 Å². The van der Waals surface area contributed by atoms with Crippen LogP contribution in [0, 0.1) is 5.82 Å². The van der Waals surface area contributed by atoms with E-state index in [9.17, 15) is 17.6 Å². The van der Waals surface area contributed by atoms with Gasteiger partial charge >= 0.3 is 5.97 Å². The molecule has 0 atom stereocenters. The van der Waals surface area contributed by atoms with Gasteiger partial charge in [0.1, 0.15) is 10.8 Å². The molecule has 0 radical (unpaired) electrons. The van der Waals surface area contributed by atoms with Crippen LogP contribution < -0.4 is 4.72 Å². The SMILES string of the molecule is O=C(O)c1cc(S(=O)(=O)NCc2nccs2)cc(F)c1Cl. The monoisotopic (exact) mass is 350 g/mol. The van der Waals surface area contributed by atoms with Crippen molar-refractivity contribution >= 4 is 38.9 Å². The van der Waals surface area contributed by atoms with Gasteiger partial charge in [-0.15, -0.1) is 11.3 Å². The molecule has 10 heteroatoms. The molecule has 1 heterocycles. The minimum absolute atomic E-state index is 0.0767. The number of rotatable bonds is 5. The van der Waals surface area contributed by atoms with Gasteiger partial charge < -0.3 is 5.11 Å². The highest BCUT2D eigenvalue weighted by atomic mass is 35.5. The zero-order valence-electron chi connectivity index (χ0n) is 10.2. The quantitative estimate of drug-likeness (QED) is 0.861. The van der Waals surface area contributed by atoms with Gasteiger partial charge in [-0.25, -0.2) is 27.3 Å². The Balaban J connectivity index is 2.33. The fraction of sp³-hybridized carbons (Fsp3) is 0.0909. The van der Waals surface area contributed by atoms with Gasteiger partial charge in [0.15, 0.2) is 0 Å². The Hall–Kier alpha value is -1.55. The molecule has 112 valence electrons. The van der Waals surface area contributed by atoms with Crippen LogP contribution >= 0.6 is 22.9 Å². The molecule has 6 nitrogen and oxygen atoms in total. The largest absolute Gasteiger partial charge is 0.478 e. The van der Waals surface area contributed by atoms with E-state index in [0.29, 0.717) is 11.1 Å². The number of halogens is 2. The first-order chi connectivity index (χ1) is 9.81. The molecule has 21 heavy (non-hydrogen) atoms. The van der Waals surface area contributed by atoms with Crippen molar-refractivity contribution in [1.29, 1.82) is 0 Å². The van der Waals surface area contributed by atoms with Crippen LogP contribution in [0.2, 0.25) is 5.02 Å². The maximum absolute atomic E-state index is 13.5. The Morgan fingerprint density at radius 1 is 1.48 bits per heavy atom. The second-order valence-corrected chi connectivity index (χ2v) is 6.95. The minimum atomic E-state index is -4.08. The van der Waals surface area contributed by atoms with E-state index in [4.69, 9.17) is 16.7 Å². The highest BCUT2D eigenvalue weighted by Gasteiger charge is 2.21. The topological polar surface area (TPSA) is 96.4 Å². The number of hydrogen-bond donors (Lipinski definition) is 2. The molecular weight excluding hydrogens is 343 g/mol. The van der Waals surface area contributed by atoms with Crippen molar-refractivity contribution < 1.29 is 22.7 Å². The number of thiazole rings is 1. The molecule has 0 aliphatic heterocycles. The van der Waals surface area contributed by atoms with E-state index in [1.807, 2.05) is 0 Å². The van der Waals surface area contributed by atoms with Gasteiger partial charge in [-0.1, -0.05) is 11.6 Å². The normalized spacial score (nSPS) is 11.5. The highest BCUT2D eigenvalue weighted by Crippen LogP contribution is 2.24. The maximum atomic E-state index is 13.5. The van der Waals surface area contributed by atoms with Gasteiger partial charge in [-0.3, -0.25) is 0 Å². The van der Waals surface area contributed by atoms with Crippen molar-refractivity contribution in [2.24, 2.45) is 0 Å². The first-order valence-corrected chi connectivity index (χ1v) is 8.15. The van der Waals surface area contributed by atoms with Crippen molar-refractivity contribution in [1.82, 2.24) is 9.71 Å². The highest BCUT2D eigenvalue weighted by molar-refractivity contribution is 7.89. The molecule has 0 saturated carbocycles. The summed E-state index contributed by atoms with van der Waals surface area (Å²) in [6.45, 7) is -0.0767. The van der Waals surface area contributed by atoms with E-state index >= 15 is 0 Å². The lowest BCUT2D eigenvalue weighted by Crippen LogP contribution is -2.23. The van der Waals surface area contributed by atoms with Gasteiger partial charge in [0, 0.05) is 11.6 Å². The summed E-state index contributed by atoms with van der Waals surface area (Å²) in [6.07, 6.45) is 1.51. The molecule has 0 aliphatic rings.